The number of hydrogen-bond acceptors (Lipinski definition) is 3. The molecule has 74 valence electrons. The third-order valence-corrected chi connectivity index (χ3v) is 3.17. The highest BCUT2D eigenvalue weighted by atomic mass is 32.2. The zero-order chi connectivity index (χ0) is 10.4. The maximum absolute atomic E-state index is 8.84. The minimum Gasteiger partial charge on any atom is -0.496 e. The zero-order valence-electron chi connectivity index (χ0n) is 8.36. The van der Waals surface area contributed by atoms with Gasteiger partial charge in [0.15, 0.2) is 0 Å². The fraction of sp³-hybridized carbons (Fsp3) is 0.364. The molecule has 0 radical (unpaired) electrons. The third kappa shape index (κ3) is 2.68. The van der Waals surface area contributed by atoms with E-state index in [0.29, 0.717) is 0 Å². The molecule has 3 heteroatoms. The van der Waals surface area contributed by atoms with E-state index >= 15 is 0 Å². The van der Waals surface area contributed by atoms with Gasteiger partial charge >= 0.3 is 0 Å². The number of para-hydroxylation sites is 1. The number of hydrogen-bond donors (Lipinski definition) is 0. The quantitative estimate of drug-likeness (QED) is 0.711. The highest BCUT2D eigenvalue weighted by Gasteiger charge is 2.09. The highest BCUT2D eigenvalue weighted by molar-refractivity contribution is 8.00. The van der Waals surface area contributed by atoms with Gasteiger partial charge in [0.25, 0.3) is 0 Å². The van der Waals surface area contributed by atoms with Gasteiger partial charge in [-0.2, -0.15) is 5.26 Å². The molecule has 0 saturated carbocycles. The largest absolute Gasteiger partial charge is 0.496 e. The lowest BCUT2D eigenvalue weighted by atomic mass is 10.3. The minimum absolute atomic E-state index is 0.00583. The average molecular weight is 207 g/mol. The van der Waals surface area contributed by atoms with Crippen LogP contribution in [0.5, 0.6) is 5.75 Å². The van der Waals surface area contributed by atoms with Crippen LogP contribution in [0.3, 0.4) is 0 Å². The van der Waals surface area contributed by atoms with E-state index in [2.05, 4.69) is 6.07 Å². The minimum atomic E-state index is 0.00583. The zero-order valence-corrected chi connectivity index (χ0v) is 9.17. The van der Waals surface area contributed by atoms with Gasteiger partial charge in [-0.05, 0) is 18.6 Å². The fourth-order valence-electron chi connectivity index (χ4n) is 1.07. The molecule has 2 nitrogen and oxygen atoms in total. The Labute approximate surface area is 88.9 Å². The molecule has 0 aliphatic rings. The monoisotopic (exact) mass is 207 g/mol. The SMILES string of the molecule is CCC(C#N)Sc1ccccc1OC. The van der Waals surface area contributed by atoms with E-state index in [4.69, 9.17) is 10.00 Å². The summed E-state index contributed by atoms with van der Waals surface area (Å²) >= 11 is 1.55. The van der Waals surface area contributed by atoms with Crippen LogP contribution in [0.1, 0.15) is 13.3 Å². The van der Waals surface area contributed by atoms with Crippen LogP contribution in [0.4, 0.5) is 0 Å². The summed E-state index contributed by atoms with van der Waals surface area (Å²) in [4.78, 5) is 1.03. The molecule has 0 amide bonds. The first kappa shape index (κ1) is 10.9. The summed E-state index contributed by atoms with van der Waals surface area (Å²) in [5, 5.41) is 8.85. The fourth-order valence-corrected chi connectivity index (χ4v) is 2.02. The van der Waals surface area contributed by atoms with Crippen molar-refractivity contribution in [1.82, 2.24) is 0 Å². The Kier molecular flexibility index (Phi) is 4.34. The Bertz CT molecular complexity index is 332. The second kappa shape index (κ2) is 5.56. The van der Waals surface area contributed by atoms with Crippen molar-refractivity contribution >= 4 is 11.8 Å². The number of thioether (sulfide) groups is 1. The van der Waals surface area contributed by atoms with Crippen LogP contribution < -0.4 is 4.74 Å². The smallest absolute Gasteiger partial charge is 0.132 e. The van der Waals surface area contributed by atoms with Crippen molar-refractivity contribution in [2.75, 3.05) is 7.11 Å². The van der Waals surface area contributed by atoms with E-state index in [1.165, 1.54) is 0 Å². The van der Waals surface area contributed by atoms with Crippen LogP contribution in [0, 0.1) is 11.3 Å². The number of rotatable bonds is 4. The summed E-state index contributed by atoms with van der Waals surface area (Å²) in [6.07, 6.45) is 0.846. The van der Waals surface area contributed by atoms with Crippen LogP contribution in [0.25, 0.3) is 0 Å². The van der Waals surface area contributed by atoms with Gasteiger partial charge in [-0.3, -0.25) is 0 Å². The first-order valence-corrected chi connectivity index (χ1v) is 5.39. The molecule has 1 atom stereocenters. The number of ether oxygens (including phenoxy) is 1. The summed E-state index contributed by atoms with van der Waals surface area (Å²) in [6.45, 7) is 2.01. The highest BCUT2D eigenvalue weighted by Crippen LogP contribution is 2.32. The van der Waals surface area contributed by atoms with E-state index in [0.717, 1.165) is 17.1 Å². The van der Waals surface area contributed by atoms with E-state index in [1.54, 1.807) is 18.9 Å². The summed E-state index contributed by atoms with van der Waals surface area (Å²) < 4.78 is 5.20. The summed E-state index contributed by atoms with van der Waals surface area (Å²) in [7, 11) is 1.65. The number of nitriles is 1. The summed E-state index contributed by atoms with van der Waals surface area (Å²) in [5.74, 6) is 0.839. The van der Waals surface area contributed by atoms with Gasteiger partial charge in [-0.1, -0.05) is 19.1 Å². The summed E-state index contributed by atoms with van der Waals surface area (Å²) in [5.41, 5.74) is 0. The van der Waals surface area contributed by atoms with Gasteiger partial charge in [0.2, 0.25) is 0 Å². The Morgan fingerprint density at radius 3 is 2.79 bits per heavy atom. The van der Waals surface area contributed by atoms with Crippen molar-refractivity contribution in [2.45, 2.75) is 23.5 Å². The predicted octanol–water partition coefficient (Wildman–Crippen LogP) is 3.09. The van der Waals surface area contributed by atoms with Gasteiger partial charge in [0.05, 0.1) is 23.3 Å². The second-order valence-corrected chi connectivity index (χ2v) is 4.04. The Hall–Kier alpha value is -1.14. The molecular formula is C11H13NOS. The first-order chi connectivity index (χ1) is 6.81. The number of benzene rings is 1. The van der Waals surface area contributed by atoms with Crippen LogP contribution in [-0.4, -0.2) is 12.4 Å². The lowest BCUT2D eigenvalue weighted by Gasteiger charge is -2.09. The summed E-state index contributed by atoms with van der Waals surface area (Å²) in [6, 6.07) is 10.0. The van der Waals surface area contributed by atoms with Crippen LogP contribution in [-0.2, 0) is 0 Å². The molecule has 0 bridgehead atoms. The Morgan fingerprint density at radius 1 is 1.50 bits per heavy atom. The molecule has 0 aliphatic heterocycles. The first-order valence-electron chi connectivity index (χ1n) is 4.51. The lowest BCUT2D eigenvalue weighted by Crippen LogP contribution is -1.96. The van der Waals surface area contributed by atoms with Crippen LogP contribution in [0.15, 0.2) is 29.2 Å². The van der Waals surface area contributed by atoms with E-state index in [1.807, 2.05) is 31.2 Å². The van der Waals surface area contributed by atoms with E-state index in [-0.39, 0.29) is 5.25 Å². The number of methoxy groups -OCH3 is 1. The van der Waals surface area contributed by atoms with Crippen LogP contribution >= 0.6 is 11.8 Å². The van der Waals surface area contributed by atoms with Crippen molar-refractivity contribution in [3.05, 3.63) is 24.3 Å². The lowest BCUT2D eigenvalue weighted by molar-refractivity contribution is 0.405. The molecule has 1 aromatic rings. The molecule has 1 unspecified atom stereocenters. The average Bonchev–Trinajstić information content (AvgIpc) is 2.26. The molecule has 0 heterocycles. The molecule has 1 aromatic carbocycles. The maximum atomic E-state index is 8.84. The normalized spacial score (nSPS) is 11.8. The molecule has 0 fully saturated rings. The maximum Gasteiger partial charge on any atom is 0.132 e. The van der Waals surface area contributed by atoms with E-state index in [9.17, 15) is 0 Å². The van der Waals surface area contributed by atoms with Crippen molar-refractivity contribution < 1.29 is 4.74 Å². The molecule has 0 saturated heterocycles. The molecule has 1 rings (SSSR count). The van der Waals surface area contributed by atoms with E-state index < -0.39 is 0 Å². The Balaban J connectivity index is 2.80. The topological polar surface area (TPSA) is 33.0 Å². The van der Waals surface area contributed by atoms with Gasteiger partial charge in [-0.25, -0.2) is 0 Å². The Morgan fingerprint density at radius 2 is 2.21 bits per heavy atom. The van der Waals surface area contributed by atoms with Gasteiger partial charge < -0.3 is 4.74 Å². The van der Waals surface area contributed by atoms with Gasteiger partial charge in [0.1, 0.15) is 5.75 Å². The molecular weight excluding hydrogens is 194 g/mol. The standard InChI is InChI=1S/C11H13NOS/c1-3-9(8-12)14-11-7-5-4-6-10(11)13-2/h4-7,9H,3H2,1-2H3. The molecule has 0 aliphatic carbocycles. The molecule has 0 aromatic heterocycles. The molecule has 0 N–H and O–H groups in total. The van der Waals surface area contributed by atoms with Gasteiger partial charge in [0, 0.05) is 0 Å². The van der Waals surface area contributed by atoms with Crippen molar-refractivity contribution in [1.29, 1.82) is 5.26 Å². The van der Waals surface area contributed by atoms with Gasteiger partial charge in [-0.15, -0.1) is 11.8 Å². The van der Waals surface area contributed by atoms with Crippen molar-refractivity contribution in [2.24, 2.45) is 0 Å². The molecule has 0 spiro atoms. The third-order valence-electron chi connectivity index (χ3n) is 1.85. The second-order valence-electron chi connectivity index (χ2n) is 2.79. The predicted molar refractivity (Wildman–Crippen MR) is 58.5 cm³/mol. The van der Waals surface area contributed by atoms with Crippen molar-refractivity contribution in [3.8, 4) is 11.8 Å². The van der Waals surface area contributed by atoms with Crippen molar-refractivity contribution in [3.63, 3.8) is 0 Å². The van der Waals surface area contributed by atoms with Crippen LogP contribution in [0.2, 0.25) is 0 Å². The molecule has 14 heavy (non-hydrogen) atoms. The number of nitrogens with zero attached hydrogens (tertiary/aromatic N) is 1.